The second-order valence-electron chi connectivity index (χ2n) is 4.27. The number of nitroso groups, excluding NO2 is 1. The van der Waals surface area contributed by atoms with Gasteiger partial charge in [-0.05, 0) is 35.5 Å². The van der Waals surface area contributed by atoms with Gasteiger partial charge < -0.3 is 0 Å². The first kappa shape index (κ1) is 12.2. The lowest BCUT2D eigenvalue weighted by atomic mass is 10.1. The molecule has 1 aromatic heterocycles. The number of rotatable bonds is 3. The van der Waals surface area contributed by atoms with E-state index in [4.69, 9.17) is 0 Å². The van der Waals surface area contributed by atoms with Crippen LogP contribution in [0.15, 0.2) is 66.0 Å². The lowest BCUT2D eigenvalue weighted by molar-refractivity contribution is -0.646. The molecule has 0 unspecified atom stereocenters. The smallest absolute Gasteiger partial charge is 0.200 e. The molecule has 0 atom stereocenters. The molecular formula is C15H11FN3O+. The Balaban J connectivity index is 2.10. The number of aromatic nitrogens is 2. The molecule has 20 heavy (non-hydrogen) atoms. The summed E-state index contributed by atoms with van der Waals surface area (Å²) in [5.41, 5.74) is 2.46. The van der Waals surface area contributed by atoms with Gasteiger partial charge in [-0.25, -0.2) is 0 Å². The molecule has 3 aromatic rings. The molecule has 0 saturated heterocycles. The van der Waals surface area contributed by atoms with Crippen molar-refractivity contribution in [2.45, 2.75) is 0 Å². The summed E-state index contributed by atoms with van der Waals surface area (Å²) in [5.74, 6) is -0.313. The standard InChI is InChI=1S/C15H10FN3O/c16-13-3-1-2-4-15(13)19-14(9-10-17-19)11-5-7-12(18-20)8-6-11/h1-10H/p+1. The van der Waals surface area contributed by atoms with Crippen LogP contribution in [0.3, 0.4) is 0 Å². The highest BCUT2D eigenvalue weighted by Crippen LogP contribution is 2.21. The number of aromatic amines is 1. The zero-order valence-electron chi connectivity index (χ0n) is 10.5. The molecule has 0 aliphatic carbocycles. The van der Waals surface area contributed by atoms with Crippen LogP contribution in [0.25, 0.3) is 16.9 Å². The van der Waals surface area contributed by atoms with E-state index >= 15 is 0 Å². The van der Waals surface area contributed by atoms with Crippen LogP contribution in [0, 0.1) is 10.7 Å². The summed E-state index contributed by atoms with van der Waals surface area (Å²) in [4.78, 5) is 10.4. The Bertz CT molecular complexity index is 750. The predicted octanol–water partition coefficient (Wildman–Crippen LogP) is 3.50. The second kappa shape index (κ2) is 5.05. The Hall–Kier alpha value is -2.82. The van der Waals surface area contributed by atoms with Crippen LogP contribution in [0.5, 0.6) is 0 Å². The van der Waals surface area contributed by atoms with E-state index in [1.165, 1.54) is 6.07 Å². The molecule has 1 heterocycles. The van der Waals surface area contributed by atoms with Crippen molar-refractivity contribution in [2.75, 3.05) is 0 Å². The van der Waals surface area contributed by atoms with Gasteiger partial charge in [0.05, 0.1) is 6.20 Å². The third-order valence-corrected chi connectivity index (χ3v) is 3.05. The van der Waals surface area contributed by atoms with Crippen LogP contribution in [-0.2, 0) is 0 Å². The molecule has 98 valence electrons. The predicted molar refractivity (Wildman–Crippen MR) is 73.2 cm³/mol. The molecule has 3 rings (SSSR count). The van der Waals surface area contributed by atoms with Crippen LogP contribution in [0.1, 0.15) is 0 Å². The number of nitrogens with zero attached hydrogens (tertiary/aromatic N) is 2. The molecule has 5 heteroatoms. The number of hydrogen-bond acceptors (Lipinski definition) is 2. The van der Waals surface area contributed by atoms with Gasteiger partial charge in [0.2, 0.25) is 5.69 Å². The highest BCUT2D eigenvalue weighted by molar-refractivity contribution is 5.59. The molecule has 0 spiro atoms. The van der Waals surface area contributed by atoms with Gasteiger partial charge in [-0.1, -0.05) is 16.8 Å². The normalized spacial score (nSPS) is 10.4. The fourth-order valence-electron chi connectivity index (χ4n) is 2.09. The van der Waals surface area contributed by atoms with E-state index in [9.17, 15) is 9.30 Å². The maximum atomic E-state index is 13.9. The molecule has 0 aliphatic heterocycles. The first-order valence-electron chi connectivity index (χ1n) is 6.08. The van der Waals surface area contributed by atoms with Crippen LogP contribution in [-0.4, -0.2) is 5.10 Å². The van der Waals surface area contributed by atoms with Crippen LogP contribution in [0.2, 0.25) is 0 Å². The van der Waals surface area contributed by atoms with E-state index in [1.54, 1.807) is 53.3 Å². The summed E-state index contributed by atoms with van der Waals surface area (Å²) in [6.07, 6.45) is 1.73. The summed E-state index contributed by atoms with van der Waals surface area (Å²) >= 11 is 0. The fraction of sp³-hybridized carbons (Fsp3) is 0. The number of halogens is 1. The third-order valence-electron chi connectivity index (χ3n) is 3.05. The average Bonchev–Trinajstić information content (AvgIpc) is 2.97. The zero-order chi connectivity index (χ0) is 13.9. The van der Waals surface area contributed by atoms with Gasteiger partial charge in [-0.2, -0.15) is 9.49 Å². The minimum Gasteiger partial charge on any atom is -0.200 e. The van der Waals surface area contributed by atoms with Gasteiger partial charge in [0.25, 0.3) is 5.69 Å². The van der Waals surface area contributed by atoms with Gasteiger partial charge in [0.1, 0.15) is 5.69 Å². The van der Waals surface area contributed by atoms with E-state index in [-0.39, 0.29) is 5.82 Å². The quantitative estimate of drug-likeness (QED) is 0.573. The molecule has 0 radical (unpaired) electrons. The third kappa shape index (κ3) is 2.09. The number of H-pyrrole nitrogens is 1. The van der Waals surface area contributed by atoms with E-state index in [0.717, 1.165) is 11.3 Å². The maximum Gasteiger partial charge on any atom is 0.271 e. The summed E-state index contributed by atoms with van der Waals surface area (Å²) in [6.45, 7) is 0. The van der Waals surface area contributed by atoms with Gasteiger partial charge in [0.15, 0.2) is 5.82 Å². The van der Waals surface area contributed by atoms with Crippen LogP contribution in [0.4, 0.5) is 10.1 Å². The van der Waals surface area contributed by atoms with Crippen molar-refractivity contribution in [1.29, 1.82) is 0 Å². The minimum absolute atomic E-state index is 0.313. The van der Waals surface area contributed by atoms with Crippen molar-refractivity contribution in [3.63, 3.8) is 0 Å². The van der Waals surface area contributed by atoms with Crippen molar-refractivity contribution >= 4 is 5.69 Å². The lowest BCUT2D eigenvalue weighted by Gasteiger charge is -1.99. The average molecular weight is 268 g/mol. The van der Waals surface area contributed by atoms with Crippen LogP contribution < -0.4 is 4.68 Å². The molecule has 0 saturated carbocycles. The van der Waals surface area contributed by atoms with Crippen molar-refractivity contribution in [3.8, 4) is 16.9 Å². The van der Waals surface area contributed by atoms with Crippen molar-refractivity contribution in [3.05, 3.63) is 71.5 Å². The molecule has 1 N–H and O–H groups in total. The summed E-state index contributed by atoms with van der Waals surface area (Å²) in [7, 11) is 0. The molecule has 0 fully saturated rings. The van der Waals surface area contributed by atoms with Gasteiger partial charge >= 0.3 is 0 Å². The zero-order valence-corrected chi connectivity index (χ0v) is 10.5. The molecule has 0 aliphatic rings. The highest BCUT2D eigenvalue weighted by atomic mass is 19.1. The molecular weight excluding hydrogens is 257 g/mol. The Morgan fingerprint density at radius 2 is 1.75 bits per heavy atom. The fourth-order valence-corrected chi connectivity index (χ4v) is 2.09. The largest absolute Gasteiger partial charge is 0.271 e. The number of hydrogen-bond donors (Lipinski definition) is 1. The molecule has 2 aromatic carbocycles. The van der Waals surface area contributed by atoms with Gasteiger partial charge in [-0.3, -0.25) is 0 Å². The first-order chi connectivity index (χ1) is 9.79. The Labute approximate surface area is 114 Å². The number of nitrogens with one attached hydrogen (secondary N) is 1. The molecule has 0 bridgehead atoms. The van der Waals surface area contributed by atoms with Crippen molar-refractivity contribution in [2.24, 2.45) is 5.18 Å². The van der Waals surface area contributed by atoms with Gasteiger partial charge in [0, 0.05) is 17.7 Å². The Kier molecular flexibility index (Phi) is 3.09. The lowest BCUT2D eigenvalue weighted by Crippen LogP contribution is -2.35. The maximum absolute atomic E-state index is 13.9. The van der Waals surface area contributed by atoms with E-state index < -0.39 is 0 Å². The summed E-state index contributed by atoms with van der Waals surface area (Å²) in [6, 6.07) is 15.2. The Morgan fingerprint density at radius 1 is 1.00 bits per heavy atom. The first-order valence-corrected chi connectivity index (χ1v) is 6.08. The second-order valence-corrected chi connectivity index (χ2v) is 4.27. The summed E-state index contributed by atoms with van der Waals surface area (Å²) < 4.78 is 15.5. The van der Waals surface area contributed by atoms with E-state index in [2.05, 4.69) is 10.3 Å². The number of benzene rings is 2. The minimum atomic E-state index is -0.313. The monoisotopic (exact) mass is 268 g/mol. The van der Waals surface area contributed by atoms with Gasteiger partial charge in [-0.15, -0.1) is 4.91 Å². The summed E-state index contributed by atoms with van der Waals surface area (Å²) in [5, 5.41) is 5.84. The van der Waals surface area contributed by atoms with E-state index in [1.807, 2.05) is 6.07 Å². The molecule has 0 amide bonds. The number of para-hydroxylation sites is 1. The Morgan fingerprint density at radius 3 is 2.45 bits per heavy atom. The van der Waals surface area contributed by atoms with Crippen molar-refractivity contribution < 1.29 is 9.07 Å². The SMILES string of the molecule is O=Nc1ccc(-c2cc[nH][n+]2-c2ccccc2F)cc1. The molecule has 4 nitrogen and oxygen atoms in total. The topological polar surface area (TPSA) is 49.1 Å². The van der Waals surface area contributed by atoms with E-state index in [0.29, 0.717) is 11.4 Å². The van der Waals surface area contributed by atoms with Crippen molar-refractivity contribution in [1.82, 2.24) is 5.10 Å². The highest BCUT2D eigenvalue weighted by Gasteiger charge is 2.20. The van der Waals surface area contributed by atoms with Crippen LogP contribution >= 0.6 is 0 Å².